The molecule has 1 aliphatic rings. The van der Waals surface area contributed by atoms with E-state index in [0.29, 0.717) is 17.1 Å². The van der Waals surface area contributed by atoms with Crippen molar-refractivity contribution in [1.82, 2.24) is 41.1 Å². The lowest BCUT2D eigenvalue weighted by atomic mass is 9.85. The van der Waals surface area contributed by atoms with Gasteiger partial charge in [-0.25, -0.2) is 4.68 Å². The molecule has 3 N–H and O–H groups in total. The van der Waals surface area contributed by atoms with Gasteiger partial charge in [-0.3, -0.25) is 14.6 Å². The predicted octanol–water partition coefficient (Wildman–Crippen LogP) is 3.03. The maximum atomic E-state index is 13.1. The Hall–Kier alpha value is -4.15. The average Bonchev–Trinajstić information content (AvgIpc) is 3.51. The van der Waals surface area contributed by atoms with Crippen molar-refractivity contribution in [3.63, 3.8) is 0 Å². The van der Waals surface area contributed by atoms with Crippen LogP contribution in [0.2, 0.25) is 5.02 Å². The molecule has 200 valence electrons. The van der Waals surface area contributed by atoms with Crippen molar-refractivity contribution in [2.75, 3.05) is 6.54 Å². The van der Waals surface area contributed by atoms with Crippen LogP contribution in [0.4, 0.5) is 0 Å². The molecule has 0 saturated carbocycles. The van der Waals surface area contributed by atoms with E-state index in [1.807, 2.05) is 18.3 Å². The molecule has 39 heavy (non-hydrogen) atoms. The van der Waals surface area contributed by atoms with E-state index in [4.69, 9.17) is 11.6 Å². The van der Waals surface area contributed by atoms with Gasteiger partial charge in [0.1, 0.15) is 12.4 Å². The van der Waals surface area contributed by atoms with E-state index >= 15 is 0 Å². The molecule has 0 bridgehead atoms. The van der Waals surface area contributed by atoms with Gasteiger partial charge in [0.15, 0.2) is 0 Å². The fourth-order valence-corrected chi connectivity index (χ4v) is 5.00. The fraction of sp³-hybridized carbons (Fsp3) is 0.286. The van der Waals surface area contributed by atoms with Gasteiger partial charge in [-0.05, 0) is 89.2 Å². The fourth-order valence-electron chi connectivity index (χ4n) is 4.81. The number of piperidine rings is 1. The molecule has 2 amide bonds. The summed E-state index contributed by atoms with van der Waals surface area (Å²) >= 11 is 6.16. The second kappa shape index (κ2) is 12.1. The molecule has 10 nitrogen and oxygen atoms in total. The average molecular weight is 545 g/mol. The second-order valence-electron chi connectivity index (χ2n) is 9.57. The van der Waals surface area contributed by atoms with E-state index in [-0.39, 0.29) is 30.3 Å². The van der Waals surface area contributed by atoms with Gasteiger partial charge < -0.3 is 16.0 Å². The third-order valence-electron chi connectivity index (χ3n) is 6.94. The van der Waals surface area contributed by atoms with E-state index in [2.05, 4.69) is 60.7 Å². The summed E-state index contributed by atoms with van der Waals surface area (Å²) in [5.74, 6) is -0.239. The number of amides is 2. The zero-order valence-electron chi connectivity index (χ0n) is 21.4. The number of rotatable bonds is 8. The van der Waals surface area contributed by atoms with E-state index in [1.54, 1.807) is 31.3 Å². The Kier molecular flexibility index (Phi) is 8.24. The van der Waals surface area contributed by atoms with Gasteiger partial charge in [0.05, 0.1) is 11.7 Å². The molecular formula is C28H29ClN8O2. The minimum atomic E-state index is -0.714. The molecule has 5 rings (SSSR count). The summed E-state index contributed by atoms with van der Waals surface area (Å²) < 4.78 is 1.50. The number of hydrogen-bond acceptors (Lipinski definition) is 7. The second-order valence-corrected chi connectivity index (χ2v) is 10.0. The van der Waals surface area contributed by atoms with Crippen LogP contribution in [0.25, 0.3) is 16.8 Å². The number of pyridine rings is 1. The van der Waals surface area contributed by atoms with Gasteiger partial charge in [-0.2, -0.15) is 0 Å². The van der Waals surface area contributed by atoms with E-state index < -0.39 is 6.04 Å². The highest BCUT2D eigenvalue weighted by molar-refractivity contribution is 6.30. The Morgan fingerprint density at radius 3 is 2.74 bits per heavy atom. The minimum Gasteiger partial charge on any atom is -0.350 e. The Morgan fingerprint density at radius 2 is 2.00 bits per heavy atom. The van der Waals surface area contributed by atoms with Crippen LogP contribution in [-0.4, -0.2) is 55.6 Å². The summed E-state index contributed by atoms with van der Waals surface area (Å²) in [6, 6.07) is 16.6. The molecule has 1 saturated heterocycles. The number of carbonyl (C=O) groups excluding carboxylic acids is 2. The van der Waals surface area contributed by atoms with E-state index in [1.165, 1.54) is 16.6 Å². The Balaban J connectivity index is 1.16. The molecule has 3 atom stereocenters. The summed E-state index contributed by atoms with van der Waals surface area (Å²) in [7, 11) is 0. The molecule has 4 aromatic rings. The SMILES string of the molecule is CC(NC(=O)[C@H]1C[C@@H](c2ccc(-c3cccnc3)cc2)CCN1)C(=O)NCc1cc(Cl)ccc1-n1cnnn1. The van der Waals surface area contributed by atoms with Gasteiger partial charge in [0.25, 0.3) is 0 Å². The minimum absolute atomic E-state index is 0.188. The Labute approximate surface area is 231 Å². The van der Waals surface area contributed by atoms with Gasteiger partial charge >= 0.3 is 0 Å². The normalized spacial score (nSPS) is 17.8. The molecule has 3 heterocycles. The molecule has 11 heteroatoms. The number of hydrogen-bond donors (Lipinski definition) is 3. The topological polar surface area (TPSA) is 127 Å². The molecular weight excluding hydrogens is 516 g/mol. The highest BCUT2D eigenvalue weighted by atomic mass is 35.5. The third-order valence-corrected chi connectivity index (χ3v) is 7.17. The van der Waals surface area contributed by atoms with Crippen LogP contribution in [0, 0.1) is 0 Å². The molecule has 1 aliphatic heterocycles. The smallest absolute Gasteiger partial charge is 0.242 e. The van der Waals surface area contributed by atoms with Crippen LogP contribution in [0.5, 0.6) is 0 Å². The number of carbonyl (C=O) groups is 2. The highest BCUT2D eigenvalue weighted by Crippen LogP contribution is 2.30. The molecule has 0 radical (unpaired) electrons. The summed E-state index contributed by atoms with van der Waals surface area (Å²) in [5, 5.41) is 20.8. The zero-order chi connectivity index (χ0) is 27.2. The summed E-state index contributed by atoms with van der Waals surface area (Å²) in [6.45, 7) is 2.60. The lowest BCUT2D eigenvalue weighted by Crippen LogP contribution is -2.53. The molecule has 1 fully saturated rings. The van der Waals surface area contributed by atoms with Crippen LogP contribution < -0.4 is 16.0 Å². The van der Waals surface area contributed by atoms with Crippen LogP contribution in [-0.2, 0) is 16.1 Å². The molecule has 1 unspecified atom stereocenters. The monoisotopic (exact) mass is 544 g/mol. The quantitative estimate of drug-likeness (QED) is 0.311. The number of nitrogens with one attached hydrogen (secondary N) is 3. The molecule has 2 aromatic heterocycles. The summed E-state index contributed by atoms with van der Waals surface area (Å²) in [5.41, 5.74) is 4.83. The van der Waals surface area contributed by atoms with E-state index in [0.717, 1.165) is 29.7 Å². The van der Waals surface area contributed by atoms with Crippen LogP contribution in [0.1, 0.15) is 36.8 Å². The van der Waals surface area contributed by atoms with Gasteiger partial charge in [-0.15, -0.1) is 5.10 Å². The number of benzene rings is 2. The number of tetrazole rings is 1. The highest BCUT2D eigenvalue weighted by Gasteiger charge is 2.29. The first kappa shape index (κ1) is 26.5. The third kappa shape index (κ3) is 6.47. The Bertz CT molecular complexity index is 1410. The van der Waals surface area contributed by atoms with Gasteiger partial charge in [-0.1, -0.05) is 41.9 Å². The molecule has 0 spiro atoms. The predicted molar refractivity (Wildman–Crippen MR) is 147 cm³/mol. The van der Waals surface area contributed by atoms with Crippen LogP contribution in [0.3, 0.4) is 0 Å². The van der Waals surface area contributed by atoms with Gasteiger partial charge in [0, 0.05) is 24.0 Å². The van der Waals surface area contributed by atoms with Crippen molar-refractivity contribution in [3.05, 3.63) is 89.5 Å². The lowest BCUT2D eigenvalue weighted by Gasteiger charge is -2.30. The lowest BCUT2D eigenvalue weighted by molar-refractivity contribution is -0.130. The molecule has 0 aliphatic carbocycles. The van der Waals surface area contributed by atoms with Crippen LogP contribution >= 0.6 is 11.6 Å². The maximum absolute atomic E-state index is 13.1. The van der Waals surface area contributed by atoms with Gasteiger partial charge in [0.2, 0.25) is 11.8 Å². The number of nitrogens with zero attached hydrogens (tertiary/aromatic N) is 5. The number of aromatic nitrogens is 5. The largest absolute Gasteiger partial charge is 0.350 e. The van der Waals surface area contributed by atoms with E-state index in [9.17, 15) is 9.59 Å². The van der Waals surface area contributed by atoms with Crippen molar-refractivity contribution in [3.8, 4) is 16.8 Å². The summed E-state index contributed by atoms with van der Waals surface area (Å²) in [4.78, 5) is 30.1. The first-order valence-corrected chi connectivity index (χ1v) is 13.2. The molecule has 2 aromatic carbocycles. The van der Waals surface area contributed by atoms with Crippen molar-refractivity contribution < 1.29 is 9.59 Å². The van der Waals surface area contributed by atoms with Crippen molar-refractivity contribution in [2.45, 2.75) is 44.3 Å². The number of halogens is 1. The summed E-state index contributed by atoms with van der Waals surface area (Å²) in [6.07, 6.45) is 6.67. The standard InChI is InChI=1S/C28H29ClN8O2/c1-18(27(38)32-16-23-13-24(29)8-9-26(23)37-17-33-35-36-37)34-28(39)25-14-21(10-12-31-25)19-4-6-20(7-5-19)22-3-2-11-30-15-22/h2-9,11,13,15,17-18,21,25,31H,10,12,14,16H2,1H3,(H,32,38)(H,34,39)/t18?,21-,25+/m0/s1. The maximum Gasteiger partial charge on any atom is 0.242 e. The Morgan fingerprint density at radius 1 is 1.15 bits per heavy atom. The zero-order valence-corrected chi connectivity index (χ0v) is 22.2. The van der Waals surface area contributed by atoms with Crippen molar-refractivity contribution >= 4 is 23.4 Å². The first-order chi connectivity index (χ1) is 19.0. The van der Waals surface area contributed by atoms with Crippen LogP contribution in [0.15, 0.2) is 73.3 Å². The first-order valence-electron chi connectivity index (χ1n) is 12.8. The van der Waals surface area contributed by atoms with Crippen molar-refractivity contribution in [1.29, 1.82) is 0 Å². The van der Waals surface area contributed by atoms with Crippen molar-refractivity contribution in [2.24, 2.45) is 0 Å².